The fraction of sp³-hybridized carbons (Fsp3) is 0. The molecule has 0 bridgehead atoms. The van der Waals surface area contributed by atoms with Crippen molar-refractivity contribution in [2.45, 2.75) is 0 Å². The van der Waals surface area contributed by atoms with Crippen molar-refractivity contribution in [3.63, 3.8) is 0 Å². The Balaban J connectivity index is 1.05. The normalized spacial score (nSPS) is 13.6. The maximum Gasteiger partial charge on any atom is 0.109 e. The number of rotatable bonds is 6. The van der Waals surface area contributed by atoms with Gasteiger partial charge in [-0.15, -0.1) is 0 Å². The minimum Gasteiger partial charge on any atom is -0.299 e. The molecule has 7 aromatic carbocycles. The van der Waals surface area contributed by atoms with E-state index in [1.807, 2.05) is 54.8 Å². The molecule has 0 radical (unpaired) electrons. The summed E-state index contributed by atoms with van der Waals surface area (Å²) in [4.78, 5) is 4.61. The molecule has 2 N–H and O–H groups in total. The molecule has 51 heavy (non-hydrogen) atoms. The molecule has 1 heterocycles. The molecule has 0 aliphatic heterocycles. The number of benzene rings is 7. The topological polar surface area (TPSA) is 61.1 Å². The van der Waals surface area contributed by atoms with Gasteiger partial charge < -0.3 is 0 Å². The van der Waals surface area contributed by atoms with Gasteiger partial charge in [0, 0.05) is 17.1 Å². The number of hydrazone groups is 1. The molecule has 4 heteroatoms. The zero-order chi connectivity index (χ0) is 34.1. The van der Waals surface area contributed by atoms with Gasteiger partial charge in [-0.2, -0.15) is 5.10 Å². The van der Waals surface area contributed by atoms with Gasteiger partial charge in [0.15, 0.2) is 0 Å². The van der Waals surface area contributed by atoms with Crippen molar-refractivity contribution in [1.29, 1.82) is 5.41 Å². The number of pyridine rings is 1. The van der Waals surface area contributed by atoms with E-state index in [0.717, 1.165) is 44.4 Å². The summed E-state index contributed by atoms with van der Waals surface area (Å²) in [6.45, 7) is 0. The number of allylic oxidation sites excluding steroid dienone is 4. The molecule has 0 amide bonds. The van der Waals surface area contributed by atoms with Gasteiger partial charge in [0.25, 0.3) is 0 Å². The molecule has 240 valence electrons. The van der Waals surface area contributed by atoms with E-state index < -0.39 is 0 Å². The van der Waals surface area contributed by atoms with Crippen LogP contribution < -0.4 is 5.43 Å². The highest BCUT2D eigenvalue weighted by atomic mass is 15.3. The summed E-state index contributed by atoms with van der Waals surface area (Å²) in [7, 11) is 0. The van der Waals surface area contributed by atoms with Crippen LogP contribution in [0.25, 0.3) is 71.4 Å². The highest BCUT2D eigenvalue weighted by molar-refractivity contribution is 6.51. The van der Waals surface area contributed by atoms with Gasteiger partial charge in [-0.25, -0.2) is 0 Å². The van der Waals surface area contributed by atoms with Gasteiger partial charge in [0.1, 0.15) is 5.71 Å². The average molecular weight is 653 g/mol. The third-order valence-corrected chi connectivity index (χ3v) is 9.59. The first-order valence-corrected chi connectivity index (χ1v) is 17.1. The number of hydrogen-bond acceptors (Lipinski definition) is 4. The van der Waals surface area contributed by atoms with Crippen molar-refractivity contribution >= 4 is 55.1 Å². The summed E-state index contributed by atoms with van der Waals surface area (Å²) >= 11 is 0. The van der Waals surface area contributed by atoms with E-state index in [2.05, 4.69) is 143 Å². The van der Waals surface area contributed by atoms with Crippen LogP contribution >= 0.6 is 0 Å². The summed E-state index contributed by atoms with van der Waals surface area (Å²) < 4.78 is 0. The third-order valence-electron chi connectivity index (χ3n) is 9.59. The Labute approximate surface area is 296 Å². The van der Waals surface area contributed by atoms with Crippen LogP contribution in [0.5, 0.6) is 0 Å². The van der Waals surface area contributed by atoms with Crippen molar-refractivity contribution in [3.05, 3.63) is 188 Å². The van der Waals surface area contributed by atoms with E-state index in [1.54, 1.807) is 0 Å². The molecular formula is C47H32N4. The highest BCUT2D eigenvalue weighted by Crippen LogP contribution is 2.44. The molecule has 1 aromatic heterocycles. The van der Waals surface area contributed by atoms with Crippen LogP contribution in [0.4, 0.5) is 5.69 Å². The average Bonchev–Trinajstić information content (AvgIpc) is 3.20. The van der Waals surface area contributed by atoms with Crippen LogP contribution in [0.15, 0.2) is 187 Å². The molecule has 0 unspecified atom stereocenters. The monoisotopic (exact) mass is 652 g/mol. The number of aromatic nitrogens is 1. The summed E-state index contributed by atoms with van der Waals surface area (Å²) in [5, 5.41) is 19.3. The molecule has 0 fully saturated rings. The van der Waals surface area contributed by atoms with Crippen molar-refractivity contribution in [2.24, 2.45) is 5.10 Å². The van der Waals surface area contributed by atoms with Crippen molar-refractivity contribution in [3.8, 4) is 33.4 Å². The molecular weight excluding hydrogens is 621 g/mol. The Hall–Kier alpha value is -6.91. The Morgan fingerprint density at radius 1 is 0.490 bits per heavy atom. The third kappa shape index (κ3) is 5.69. The van der Waals surface area contributed by atoms with E-state index in [-0.39, 0.29) is 0 Å². The smallest absolute Gasteiger partial charge is 0.109 e. The Bertz CT molecular complexity index is 2660. The molecule has 1 aliphatic carbocycles. The molecule has 0 saturated heterocycles. The second-order valence-electron chi connectivity index (χ2n) is 12.7. The van der Waals surface area contributed by atoms with Crippen molar-refractivity contribution in [2.75, 3.05) is 5.43 Å². The minimum atomic E-state index is 0.356. The largest absolute Gasteiger partial charge is 0.299 e. The molecule has 1 aliphatic rings. The number of fused-ring (bicyclic) bond motifs is 3. The van der Waals surface area contributed by atoms with Gasteiger partial charge in [-0.1, -0.05) is 133 Å². The molecule has 0 saturated carbocycles. The van der Waals surface area contributed by atoms with E-state index >= 15 is 0 Å². The number of para-hydroxylation sites is 1. The number of hydrogen-bond donors (Lipinski definition) is 2. The van der Waals surface area contributed by atoms with Crippen molar-refractivity contribution < 1.29 is 0 Å². The summed E-state index contributed by atoms with van der Waals surface area (Å²) in [5.41, 5.74) is 15.0. The predicted molar refractivity (Wildman–Crippen MR) is 215 cm³/mol. The van der Waals surface area contributed by atoms with Gasteiger partial charge in [0.05, 0.1) is 16.9 Å². The first kappa shape index (κ1) is 30.2. The van der Waals surface area contributed by atoms with Gasteiger partial charge >= 0.3 is 0 Å². The first-order valence-electron chi connectivity index (χ1n) is 17.1. The summed E-state index contributed by atoms with van der Waals surface area (Å²) in [6, 6.07) is 55.2. The molecule has 0 atom stereocenters. The lowest BCUT2D eigenvalue weighted by molar-refractivity contribution is 1.34. The van der Waals surface area contributed by atoms with E-state index in [0.29, 0.717) is 11.4 Å². The quantitative estimate of drug-likeness (QED) is 0.107. The zero-order valence-corrected chi connectivity index (χ0v) is 27.7. The fourth-order valence-corrected chi connectivity index (χ4v) is 7.10. The molecule has 0 spiro atoms. The Morgan fingerprint density at radius 3 is 1.82 bits per heavy atom. The SMILES string of the molecule is N=C1C=CC(c2cccc(-c3c4ccccc4c(-c4ccccc4)c4ccccc34)c2)=C/C1=N/Nc1ccc(-c2cnc3ccccc3c2)cc1. The maximum atomic E-state index is 8.62. The standard InChI is InChI=1S/C47H32N4/c48-43-26-23-34(29-45(43)51-50-38-24-21-31(22-25-38)37-28-35-13-4-9-20-44(35)49-30-37)33-14-10-15-36(27-33)47-41-18-7-5-16-39(41)46(32-11-2-1-3-12-32)40-17-6-8-19-42(40)47/h1-30,48,50H/b48-43?,51-45-. The first-order chi connectivity index (χ1) is 25.2. The lowest BCUT2D eigenvalue weighted by Crippen LogP contribution is -2.13. The van der Waals surface area contributed by atoms with Gasteiger partial charge in [0.2, 0.25) is 0 Å². The summed E-state index contributed by atoms with van der Waals surface area (Å²) in [5.74, 6) is 0. The van der Waals surface area contributed by atoms with Crippen LogP contribution in [-0.4, -0.2) is 16.4 Å². The van der Waals surface area contributed by atoms with Crippen LogP contribution in [0.1, 0.15) is 5.56 Å². The minimum absolute atomic E-state index is 0.356. The van der Waals surface area contributed by atoms with E-state index in [1.165, 1.54) is 38.2 Å². The van der Waals surface area contributed by atoms with E-state index in [9.17, 15) is 0 Å². The fourth-order valence-electron chi connectivity index (χ4n) is 7.10. The number of nitrogens with one attached hydrogen (secondary N) is 2. The Kier molecular flexibility index (Phi) is 7.60. The number of anilines is 1. The van der Waals surface area contributed by atoms with Crippen LogP contribution in [0, 0.1) is 5.41 Å². The molecule has 8 aromatic rings. The van der Waals surface area contributed by atoms with E-state index in [4.69, 9.17) is 5.41 Å². The highest BCUT2D eigenvalue weighted by Gasteiger charge is 2.17. The van der Waals surface area contributed by atoms with Gasteiger partial charge in [-0.3, -0.25) is 15.8 Å². The van der Waals surface area contributed by atoms with Crippen LogP contribution in [0.2, 0.25) is 0 Å². The van der Waals surface area contributed by atoms with Gasteiger partial charge in [-0.05, 0) is 103 Å². The lowest BCUT2D eigenvalue weighted by atomic mass is 9.85. The van der Waals surface area contributed by atoms with Crippen molar-refractivity contribution in [1.82, 2.24) is 4.98 Å². The second-order valence-corrected chi connectivity index (χ2v) is 12.7. The predicted octanol–water partition coefficient (Wildman–Crippen LogP) is 12.0. The van der Waals surface area contributed by atoms with Crippen LogP contribution in [-0.2, 0) is 0 Å². The second kappa shape index (κ2) is 12.8. The van der Waals surface area contributed by atoms with Crippen LogP contribution in [0.3, 0.4) is 0 Å². The lowest BCUT2D eigenvalue weighted by Gasteiger charge is -2.18. The summed E-state index contributed by atoms with van der Waals surface area (Å²) in [6.07, 6.45) is 7.71. The zero-order valence-electron chi connectivity index (χ0n) is 27.7. The molecule has 9 rings (SSSR count). The number of nitrogens with zero attached hydrogens (tertiary/aromatic N) is 2. The maximum absolute atomic E-state index is 8.62. The Morgan fingerprint density at radius 2 is 1.10 bits per heavy atom. The molecule has 4 nitrogen and oxygen atoms in total.